The minimum absolute atomic E-state index is 0.135. The molecule has 5 nitrogen and oxygen atoms in total. The van der Waals surface area contributed by atoms with Gasteiger partial charge in [-0.05, 0) is 29.7 Å². The smallest absolute Gasteiger partial charge is 0.255 e. The zero-order valence-corrected chi connectivity index (χ0v) is 14.1. The van der Waals surface area contributed by atoms with Gasteiger partial charge in [0.05, 0.1) is 24.0 Å². The topological polar surface area (TPSA) is 67.2 Å². The lowest BCUT2D eigenvalue weighted by atomic mass is 10.1. The first-order valence-electron chi connectivity index (χ1n) is 8.32. The third kappa shape index (κ3) is 4.07. The van der Waals surface area contributed by atoms with E-state index in [0.29, 0.717) is 18.7 Å². The molecule has 2 N–H and O–H groups in total. The molecule has 1 aromatic heterocycles. The molecule has 0 aliphatic heterocycles. The van der Waals surface area contributed by atoms with Crippen LogP contribution in [0.25, 0.3) is 0 Å². The largest absolute Gasteiger partial charge is 0.508 e. The van der Waals surface area contributed by atoms with Gasteiger partial charge in [-0.15, -0.1) is 0 Å². The molecular weight excluding hydrogens is 314 g/mol. The minimum Gasteiger partial charge on any atom is -0.508 e. The number of nitrogens with zero attached hydrogens (tertiary/aromatic N) is 2. The Morgan fingerprint density at radius 2 is 1.80 bits per heavy atom. The third-order valence-corrected chi connectivity index (χ3v) is 4.09. The van der Waals surface area contributed by atoms with Crippen LogP contribution in [0.1, 0.15) is 34.1 Å². The van der Waals surface area contributed by atoms with E-state index in [1.54, 1.807) is 30.5 Å². The Morgan fingerprint density at radius 3 is 2.48 bits per heavy atom. The van der Waals surface area contributed by atoms with Crippen molar-refractivity contribution < 1.29 is 9.90 Å². The fraction of sp³-hybridized carbons (Fsp3) is 0.200. The van der Waals surface area contributed by atoms with Crippen molar-refractivity contribution in [3.8, 4) is 5.75 Å². The second-order valence-corrected chi connectivity index (χ2v) is 5.85. The number of aromatic hydroxyl groups is 1. The molecule has 2 aromatic carbocycles. The molecule has 1 heterocycles. The van der Waals surface area contributed by atoms with E-state index in [9.17, 15) is 9.90 Å². The summed E-state index contributed by atoms with van der Waals surface area (Å²) in [6.45, 7) is 3.08. The van der Waals surface area contributed by atoms with Crippen LogP contribution >= 0.6 is 0 Å². The molecule has 128 valence electrons. The summed E-state index contributed by atoms with van der Waals surface area (Å²) in [5.41, 5.74) is 3.61. The quantitative estimate of drug-likeness (QED) is 0.727. The lowest BCUT2D eigenvalue weighted by Crippen LogP contribution is -2.23. The van der Waals surface area contributed by atoms with Crippen molar-refractivity contribution in [2.75, 3.05) is 0 Å². The normalized spacial score (nSPS) is 10.6. The van der Waals surface area contributed by atoms with Gasteiger partial charge in [-0.2, -0.15) is 5.10 Å². The van der Waals surface area contributed by atoms with E-state index in [-0.39, 0.29) is 11.7 Å². The Morgan fingerprint density at radius 1 is 1.08 bits per heavy atom. The van der Waals surface area contributed by atoms with Gasteiger partial charge in [-0.3, -0.25) is 9.48 Å². The zero-order valence-electron chi connectivity index (χ0n) is 14.1. The molecule has 0 saturated heterocycles. The van der Waals surface area contributed by atoms with E-state index in [1.807, 2.05) is 41.9 Å². The van der Waals surface area contributed by atoms with Gasteiger partial charge in [0.2, 0.25) is 0 Å². The number of phenols is 1. The van der Waals surface area contributed by atoms with Crippen LogP contribution in [0.15, 0.2) is 60.8 Å². The number of hydrogen-bond acceptors (Lipinski definition) is 3. The number of phenolic OH excluding ortho intramolecular Hbond substituents is 1. The SMILES string of the molecule is CCc1c(C(=O)NCc2ccc(O)cc2)cnn1Cc1ccccc1. The van der Waals surface area contributed by atoms with E-state index in [1.165, 1.54) is 0 Å². The molecule has 0 fully saturated rings. The molecular formula is C20H21N3O2. The Balaban J connectivity index is 1.71. The van der Waals surface area contributed by atoms with Crippen LogP contribution in [-0.2, 0) is 19.5 Å². The van der Waals surface area contributed by atoms with Crippen LogP contribution in [0.4, 0.5) is 0 Å². The van der Waals surface area contributed by atoms with Gasteiger partial charge in [-0.25, -0.2) is 0 Å². The maximum Gasteiger partial charge on any atom is 0.255 e. The van der Waals surface area contributed by atoms with Crippen molar-refractivity contribution in [3.63, 3.8) is 0 Å². The highest BCUT2D eigenvalue weighted by atomic mass is 16.3. The zero-order chi connectivity index (χ0) is 17.6. The summed E-state index contributed by atoms with van der Waals surface area (Å²) in [6.07, 6.45) is 2.36. The molecule has 25 heavy (non-hydrogen) atoms. The highest BCUT2D eigenvalue weighted by molar-refractivity contribution is 5.95. The van der Waals surface area contributed by atoms with Crippen LogP contribution in [-0.4, -0.2) is 20.8 Å². The van der Waals surface area contributed by atoms with E-state index in [2.05, 4.69) is 10.4 Å². The second kappa shape index (κ2) is 7.66. The molecule has 3 rings (SSSR count). The van der Waals surface area contributed by atoms with E-state index in [0.717, 1.165) is 23.2 Å². The monoisotopic (exact) mass is 335 g/mol. The van der Waals surface area contributed by atoms with Crippen LogP contribution < -0.4 is 5.32 Å². The van der Waals surface area contributed by atoms with Crippen molar-refractivity contribution >= 4 is 5.91 Å². The molecule has 0 radical (unpaired) electrons. The van der Waals surface area contributed by atoms with Gasteiger partial charge >= 0.3 is 0 Å². The maximum atomic E-state index is 12.5. The number of amides is 1. The number of rotatable bonds is 6. The second-order valence-electron chi connectivity index (χ2n) is 5.85. The number of aromatic nitrogens is 2. The number of carbonyl (C=O) groups is 1. The van der Waals surface area contributed by atoms with Crippen molar-refractivity contribution in [1.29, 1.82) is 0 Å². The fourth-order valence-corrected chi connectivity index (χ4v) is 2.76. The number of nitrogens with one attached hydrogen (secondary N) is 1. The summed E-state index contributed by atoms with van der Waals surface area (Å²) in [7, 11) is 0. The predicted molar refractivity (Wildman–Crippen MR) is 96.4 cm³/mol. The summed E-state index contributed by atoms with van der Waals surface area (Å²) in [5, 5.41) is 16.6. The minimum atomic E-state index is -0.135. The Hall–Kier alpha value is -3.08. The highest BCUT2D eigenvalue weighted by Gasteiger charge is 2.16. The van der Waals surface area contributed by atoms with E-state index < -0.39 is 0 Å². The molecule has 0 spiro atoms. The summed E-state index contributed by atoms with van der Waals surface area (Å²) < 4.78 is 1.88. The first-order valence-corrected chi connectivity index (χ1v) is 8.32. The van der Waals surface area contributed by atoms with Gasteiger partial charge in [0.1, 0.15) is 5.75 Å². The molecule has 5 heteroatoms. The summed E-state index contributed by atoms with van der Waals surface area (Å²) in [5.74, 6) is 0.0785. The van der Waals surface area contributed by atoms with Gasteiger partial charge in [-0.1, -0.05) is 49.4 Å². The van der Waals surface area contributed by atoms with Crippen LogP contribution in [0.3, 0.4) is 0 Å². The first-order chi connectivity index (χ1) is 12.2. The van der Waals surface area contributed by atoms with Gasteiger partial charge in [0.25, 0.3) is 5.91 Å². The number of benzene rings is 2. The van der Waals surface area contributed by atoms with Crippen molar-refractivity contribution in [1.82, 2.24) is 15.1 Å². The average Bonchev–Trinajstić information content (AvgIpc) is 3.04. The van der Waals surface area contributed by atoms with Gasteiger partial charge < -0.3 is 10.4 Å². The fourth-order valence-electron chi connectivity index (χ4n) is 2.76. The molecule has 0 aliphatic rings. The van der Waals surface area contributed by atoms with E-state index >= 15 is 0 Å². The average molecular weight is 335 g/mol. The predicted octanol–water partition coefficient (Wildman–Crippen LogP) is 3.13. The molecule has 0 bridgehead atoms. The Bertz CT molecular complexity index is 839. The van der Waals surface area contributed by atoms with Crippen LogP contribution in [0.2, 0.25) is 0 Å². The molecule has 0 atom stereocenters. The lowest BCUT2D eigenvalue weighted by Gasteiger charge is -2.09. The molecule has 0 aliphatic carbocycles. The molecule has 0 unspecified atom stereocenters. The lowest BCUT2D eigenvalue weighted by molar-refractivity contribution is 0.0950. The van der Waals surface area contributed by atoms with Crippen molar-refractivity contribution in [2.24, 2.45) is 0 Å². The van der Waals surface area contributed by atoms with Crippen molar-refractivity contribution in [3.05, 3.63) is 83.2 Å². The Kier molecular flexibility index (Phi) is 5.14. The van der Waals surface area contributed by atoms with Gasteiger partial charge in [0, 0.05) is 6.54 Å². The van der Waals surface area contributed by atoms with Crippen LogP contribution in [0, 0.1) is 0 Å². The van der Waals surface area contributed by atoms with Crippen LogP contribution in [0.5, 0.6) is 5.75 Å². The summed E-state index contributed by atoms with van der Waals surface area (Å²) in [6, 6.07) is 16.9. The number of hydrogen-bond donors (Lipinski definition) is 2. The number of carbonyl (C=O) groups excluding carboxylic acids is 1. The standard InChI is InChI=1S/C20H21N3O2/c1-2-19-18(13-22-23(19)14-16-6-4-3-5-7-16)20(25)21-12-15-8-10-17(24)11-9-15/h3-11,13,24H,2,12,14H2,1H3,(H,21,25). The molecule has 3 aromatic rings. The molecule has 1 amide bonds. The van der Waals surface area contributed by atoms with E-state index in [4.69, 9.17) is 0 Å². The summed E-state index contributed by atoms with van der Waals surface area (Å²) in [4.78, 5) is 12.5. The first kappa shape index (κ1) is 16.8. The van der Waals surface area contributed by atoms with Gasteiger partial charge in [0.15, 0.2) is 0 Å². The van der Waals surface area contributed by atoms with Crippen molar-refractivity contribution in [2.45, 2.75) is 26.4 Å². The third-order valence-electron chi connectivity index (χ3n) is 4.09. The molecule has 0 saturated carbocycles. The summed E-state index contributed by atoms with van der Waals surface area (Å²) >= 11 is 0. The maximum absolute atomic E-state index is 12.5. The Labute approximate surface area is 146 Å². The highest BCUT2D eigenvalue weighted by Crippen LogP contribution is 2.13.